The molecule has 0 fully saturated rings. The second-order valence-corrected chi connectivity index (χ2v) is 4.61. The van der Waals surface area contributed by atoms with Crippen LogP contribution in [0.4, 0.5) is 0 Å². The first-order valence-electron chi connectivity index (χ1n) is 4.02. The molecule has 0 atom stereocenters. The van der Waals surface area contributed by atoms with Gasteiger partial charge >= 0.3 is 0 Å². The summed E-state index contributed by atoms with van der Waals surface area (Å²) in [6, 6.07) is 4.96. The van der Waals surface area contributed by atoms with Crippen molar-refractivity contribution in [2.75, 3.05) is 0 Å². The van der Waals surface area contributed by atoms with Crippen LogP contribution in [0.25, 0.3) is 0 Å². The van der Waals surface area contributed by atoms with Crippen LogP contribution in [0.5, 0.6) is 0 Å². The highest BCUT2D eigenvalue weighted by molar-refractivity contribution is 6.73. The number of hydrogen-bond acceptors (Lipinski definition) is 2. The number of Topliss-reactive ketones (excluding diaryl/α,β-unsaturated/α-hetero) is 2. The van der Waals surface area contributed by atoms with Gasteiger partial charge in [-0.2, -0.15) is 0 Å². The Morgan fingerprint density at radius 1 is 1.07 bits per heavy atom. The second-order valence-electron chi connectivity index (χ2n) is 3.28. The van der Waals surface area contributed by atoms with Crippen LogP contribution in [-0.2, 0) is 0 Å². The maximum atomic E-state index is 11.6. The predicted molar refractivity (Wildman–Crippen MR) is 54.3 cm³/mol. The molecule has 14 heavy (non-hydrogen) atoms. The van der Waals surface area contributed by atoms with E-state index in [1.165, 1.54) is 0 Å². The maximum absolute atomic E-state index is 11.6. The van der Waals surface area contributed by atoms with Crippen molar-refractivity contribution in [3.8, 4) is 0 Å². The molecule has 0 heterocycles. The van der Waals surface area contributed by atoms with Gasteiger partial charge in [-0.05, 0) is 13.0 Å². The first-order chi connectivity index (χ1) is 6.44. The Balaban J connectivity index is 2.71. The third-order valence-corrected chi connectivity index (χ3v) is 2.92. The number of fused-ring (bicyclic) bond motifs is 1. The predicted octanol–water partition coefficient (Wildman–Crippen LogP) is 2.55. The number of hydrogen-bond donors (Lipinski definition) is 0. The van der Waals surface area contributed by atoms with Crippen molar-refractivity contribution in [1.82, 2.24) is 0 Å². The van der Waals surface area contributed by atoms with E-state index in [2.05, 4.69) is 0 Å². The minimum atomic E-state index is -1.92. The molecule has 0 aromatic heterocycles. The van der Waals surface area contributed by atoms with Gasteiger partial charge in [-0.1, -0.05) is 40.9 Å². The zero-order chi connectivity index (χ0) is 10.5. The Bertz CT molecular complexity index is 449. The molecular weight excluding hydrogens is 223 g/mol. The number of alkyl halides is 2. The zero-order valence-electron chi connectivity index (χ0n) is 7.30. The van der Waals surface area contributed by atoms with Gasteiger partial charge in [0.1, 0.15) is 0 Å². The Morgan fingerprint density at radius 2 is 1.64 bits per heavy atom. The molecule has 0 amide bonds. The number of benzene rings is 1. The fourth-order valence-electron chi connectivity index (χ4n) is 1.49. The molecule has 0 saturated carbocycles. The summed E-state index contributed by atoms with van der Waals surface area (Å²) >= 11 is 11.3. The van der Waals surface area contributed by atoms with Crippen LogP contribution < -0.4 is 0 Å². The third-order valence-electron chi connectivity index (χ3n) is 2.23. The van der Waals surface area contributed by atoms with Gasteiger partial charge in [0.05, 0.1) is 0 Å². The molecular formula is C10H6Cl2O2. The summed E-state index contributed by atoms with van der Waals surface area (Å²) in [4.78, 5) is 23.2. The number of halogens is 2. The molecule has 1 aliphatic rings. The highest BCUT2D eigenvalue weighted by Crippen LogP contribution is 2.38. The van der Waals surface area contributed by atoms with E-state index in [0.717, 1.165) is 5.56 Å². The van der Waals surface area contributed by atoms with Crippen LogP contribution in [0.2, 0.25) is 0 Å². The molecule has 2 rings (SSSR count). The van der Waals surface area contributed by atoms with Crippen molar-refractivity contribution in [2.24, 2.45) is 0 Å². The molecule has 2 nitrogen and oxygen atoms in total. The lowest BCUT2D eigenvalue weighted by molar-refractivity contribution is 0.0908. The summed E-state index contributed by atoms with van der Waals surface area (Å²) < 4.78 is -1.92. The molecule has 1 aromatic rings. The van der Waals surface area contributed by atoms with Crippen LogP contribution in [0.15, 0.2) is 18.2 Å². The van der Waals surface area contributed by atoms with Gasteiger partial charge in [-0.25, -0.2) is 0 Å². The number of carbonyl (C=O) groups excluding carboxylic acids is 2. The van der Waals surface area contributed by atoms with Gasteiger partial charge in [-0.3, -0.25) is 9.59 Å². The third kappa shape index (κ3) is 1.11. The standard InChI is InChI=1S/C10H6Cl2O2/c1-5-2-3-6-7(4-5)9(14)10(11,12)8(6)13/h2-4H,1H3. The second kappa shape index (κ2) is 2.81. The van der Waals surface area contributed by atoms with E-state index in [1.807, 2.05) is 6.92 Å². The molecule has 0 aliphatic heterocycles. The Hall–Kier alpha value is -0.860. The van der Waals surface area contributed by atoms with Gasteiger partial charge < -0.3 is 0 Å². The fourth-order valence-corrected chi connectivity index (χ4v) is 1.89. The first-order valence-corrected chi connectivity index (χ1v) is 4.78. The van der Waals surface area contributed by atoms with Gasteiger partial charge in [0.15, 0.2) is 0 Å². The van der Waals surface area contributed by atoms with Gasteiger partial charge in [0.2, 0.25) is 15.9 Å². The highest BCUT2D eigenvalue weighted by atomic mass is 35.5. The van der Waals surface area contributed by atoms with E-state index in [4.69, 9.17) is 23.2 Å². The van der Waals surface area contributed by atoms with Gasteiger partial charge in [0, 0.05) is 11.1 Å². The van der Waals surface area contributed by atoms with Crippen molar-refractivity contribution < 1.29 is 9.59 Å². The smallest absolute Gasteiger partial charge is 0.242 e. The van der Waals surface area contributed by atoms with Crippen molar-refractivity contribution >= 4 is 34.8 Å². The van der Waals surface area contributed by atoms with E-state index >= 15 is 0 Å². The molecule has 0 unspecified atom stereocenters. The molecule has 0 spiro atoms. The zero-order valence-corrected chi connectivity index (χ0v) is 8.82. The average Bonchev–Trinajstić information content (AvgIpc) is 2.29. The molecule has 4 heteroatoms. The Labute approximate surface area is 90.8 Å². The fraction of sp³-hybridized carbons (Fsp3) is 0.200. The summed E-state index contributed by atoms with van der Waals surface area (Å²) in [6.07, 6.45) is 0. The molecule has 72 valence electrons. The lowest BCUT2D eigenvalue weighted by Crippen LogP contribution is -2.27. The largest absolute Gasteiger partial charge is 0.290 e. The van der Waals surface area contributed by atoms with Crippen LogP contribution in [0, 0.1) is 6.92 Å². The van der Waals surface area contributed by atoms with Gasteiger partial charge in [-0.15, -0.1) is 0 Å². The SMILES string of the molecule is Cc1ccc2c(c1)C(=O)C(Cl)(Cl)C2=O. The minimum Gasteiger partial charge on any atom is -0.290 e. The normalized spacial score (nSPS) is 18.5. The topological polar surface area (TPSA) is 34.1 Å². The summed E-state index contributed by atoms with van der Waals surface area (Å²) in [5, 5.41) is 0. The molecule has 1 aliphatic carbocycles. The van der Waals surface area contributed by atoms with E-state index in [1.54, 1.807) is 18.2 Å². The van der Waals surface area contributed by atoms with Gasteiger partial charge in [0.25, 0.3) is 0 Å². The van der Waals surface area contributed by atoms with Crippen LogP contribution in [-0.4, -0.2) is 15.9 Å². The van der Waals surface area contributed by atoms with E-state index in [0.29, 0.717) is 11.1 Å². The molecule has 0 radical (unpaired) electrons. The molecule has 0 bridgehead atoms. The summed E-state index contributed by atoms with van der Waals surface area (Å²) in [7, 11) is 0. The van der Waals surface area contributed by atoms with Crippen LogP contribution in [0.3, 0.4) is 0 Å². The first kappa shape index (κ1) is 9.69. The Kier molecular flexibility index (Phi) is 1.95. The average molecular weight is 229 g/mol. The van der Waals surface area contributed by atoms with E-state index in [9.17, 15) is 9.59 Å². The van der Waals surface area contributed by atoms with E-state index in [-0.39, 0.29) is 0 Å². The lowest BCUT2D eigenvalue weighted by Gasteiger charge is -2.05. The molecule has 1 aromatic carbocycles. The summed E-state index contributed by atoms with van der Waals surface area (Å²) in [5.74, 6) is -1.05. The minimum absolute atomic E-state index is 0.311. The lowest BCUT2D eigenvalue weighted by atomic mass is 10.1. The number of carbonyl (C=O) groups is 2. The quantitative estimate of drug-likeness (QED) is 0.506. The van der Waals surface area contributed by atoms with Crippen LogP contribution in [0.1, 0.15) is 26.3 Å². The number of rotatable bonds is 0. The summed E-state index contributed by atoms with van der Waals surface area (Å²) in [6.45, 7) is 1.83. The van der Waals surface area contributed by atoms with E-state index < -0.39 is 15.9 Å². The van der Waals surface area contributed by atoms with Crippen molar-refractivity contribution in [2.45, 2.75) is 11.3 Å². The number of aryl methyl sites for hydroxylation is 1. The van der Waals surface area contributed by atoms with Crippen LogP contribution >= 0.6 is 23.2 Å². The highest BCUT2D eigenvalue weighted by Gasteiger charge is 2.50. The molecule has 0 saturated heterocycles. The van der Waals surface area contributed by atoms with Crippen molar-refractivity contribution in [3.05, 3.63) is 34.9 Å². The van der Waals surface area contributed by atoms with Crippen molar-refractivity contribution in [1.29, 1.82) is 0 Å². The monoisotopic (exact) mass is 228 g/mol. The summed E-state index contributed by atoms with van der Waals surface area (Å²) in [5.41, 5.74) is 1.53. The Morgan fingerprint density at radius 3 is 2.29 bits per heavy atom. The number of ketones is 2. The van der Waals surface area contributed by atoms with Crippen molar-refractivity contribution in [3.63, 3.8) is 0 Å². The maximum Gasteiger partial charge on any atom is 0.242 e. The molecule has 0 N–H and O–H groups in total.